The molecule has 0 fully saturated rings. The predicted octanol–water partition coefficient (Wildman–Crippen LogP) is 3.25. The van der Waals surface area contributed by atoms with Gasteiger partial charge in [0.15, 0.2) is 4.80 Å². The lowest BCUT2D eigenvalue weighted by Crippen LogP contribution is -2.39. The summed E-state index contributed by atoms with van der Waals surface area (Å²) in [5, 5.41) is 0. The Kier molecular flexibility index (Phi) is 5.69. The van der Waals surface area contributed by atoms with Crippen LogP contribution in [0.5, 0.6) is 0 Å². The topological polar surface area (TPSA) is 60.7 Å². The van der Waals surface area contributed by atoms with E-state index in [4.69, 9.17) is 4.74 Å². The van der Waals surface area contributed by atoms with Crippen LogP contribution < -0.4 is 14.9 Å². The summed E-state index contributed by atoms with van der Waals surface area (Å²) in [6.07, 6.45) is 1.82. The molecular formula is C24H21FN2O3S. The minimum absolute atomic E-state index is 0.198. The fourth-order valence-corrected chi connectivity index (χ4v) is 4.71. The van der Waals surface area contributed by atoms with Crippen LogP contribution in [0.2, 0.25) is 0 Å². The predicted molar refractivity (Wildman–Crippen MR) is 118 cm³/mol. The first kappa shape index (κ1) is 20.9. The van der Waals surface area contributed by atoms with Gasteiger partial charge in [-0.2, -0.15) is 0 Å². The van der Waals surface area contributed by atoms with Crippen LogP contribution in [0.3, 0.4) is 0 Å². The Hall–Kier alpha value is -3.32. The van der Waals surface area contributed by atoms with Gasteiger partial charge < -0.3 is 4.74 Å². The maximum atomic E-state index is 13.6. The molecule has 1 aliphatic heterocycles. The summed E-state index contributed by atoms with van der Waals surface area (Å²) in [5.41, 5.74) is 3.12. The molecule has 1 aromatic heterocycles. The molecule has 1 aliphatic rings. The van der Waals surface area contributed by atoms with Crippen molar-refractivity contribution >= 4 is 23.4 Å². The summed E-state index contributed by atoms with van der Waals surface area (Å²) < 4.78 is 20.8. The number of allylic oxidation sites excluding steroid dienone is 1. The minimum atomic E-state index is -0.740. The molecule has 5 nitrogen and oxygen atoms in total. The smallest absolute Gasteiger partial charge is 0.338 e. The lowest BCUT2D eigenvalue weighted by atomic mass is 9.96. The summed E-state index contributed by atoms with van der Waals surface area (Å²) in [4.78, 5) is 31.2. The number of hydrogen-bond acceptors (Lipinski definition) is 5. The molecule has 0 bridgehead atoms. The lowest BCUT2D eigenvalue weighted by molar-refractivity contribution is -0.139. The van der Waals surface area contributed by atoms with Crippen molar-refractivity contribution < 1.29 is 13.9 Å². The largest absolute Gasteiger partial charge is 0.463 e. The van der Waals surface area contributed by atoms with Crippen LogP contribution in [0.25, 0.3) is 6.08 Å². The maximum Gasteiger partial charge on any atom is 0.338 e. The van der Waals surface area contributed by atoms with Gasteiger partial charge in [0.25, 0.3) is 5.56 Å². The highest BCUT2D eigenvalue weighted by molar-refractivity contribution is 7.07. The molecule has 158 valence electrons. The van der Waals surface area contributed by atoms with Crippen LogP contribution in [0.1, 0.15) is 36.6 Å². The fraction of sp³-hybridized carbons (Fsp3) is 0.208. The van der Waals surface area contributed by atoms with Gasteiger partial charge in [0.05, 0.1) is 28.5 Å². The van der Waals surface area contributed by atoms with Gasteiger partial charge in [0.2, 0.25) is 0 Å². The zero-order valence-corrected chi connectivity index (χ0v) is 18.2. The molecule has 0 amide bonds. The van der Waals surface area contributed by atoms with Crippen LogP contribution in [-0.2, 0) is 9.53 Å². The normalized spacial score (nSPS) is 16.1. The monoisotopic (exact) mass is 436 g/mol. The minimum Gasteiger partial charge on any atom is -0.463 e. The molecule has 0 saturated heterocycles. The molecule has 31 heavy (non-hydrogen) atoms. The Morgan fingerprint density at radius 3 is 2.65 bits per heavy atom. The molecule has 2 heterocycles. The molecule has 0 saturated carbocycles. The van der Waals surface area contributed by atoms with E-state index in [0.29, 0.717) is 20.6 Å². The van der Waals surface area contributed by atoms with E-state index in [1.807, 2.05) is 37.3 Å². The number of fused-ring (bicyclic) bond motifs is 1. The van der Waals surface area contributed by atoms with Gasteiger partial charge in [-0.1, -0.05) is 53.3 Å². The Morgan fingerprint density at radius 1 is 1.23 bits per heavy atom. The molecule has 7 heteroatoms. The van der Waals surface area contributed by atoms with E-state index in [-0.39, 0.29) is 17.7 Å². The fourth-order valence-electron chi connectivity index (χ4n) is 3.66. The number of carbonyl (C=O) groups is 1. The number of halogens is 1. The molecule has 0 unspecified atom stereocenters. The van der Waals surface area contributed by atoms with Crippen LogP contribution >= 0.6 is 11.3 Å². The summed E-state index contributed by atoms with van der Waals surface area (Å²) in [6, 6.07) is 12.9. The van der Waals surface area contributed by atoms with Gasteiger partial charge in [0, 0.05) is 0 Å². The average Bonchev–Trinajstić information content (AvgIpc) is 3.02. The maximum absolute atomic E-state index is 13.6. The molecule has 0 radical (unpaired) electrons. The molecule has 2 aromatic carbocycles. The van der Waals surface area contributed by atoms with Crippen molar-refractivity contribution in [3.05, 3.63) is 102 Å². The molecule has 0 aliphatic carbocycles. The highest BCUT2D eigenvalue weighted by Gasteiger charge is 2.33. The molecular weight excluding hydrogens is 415 g/mol. The van der Waals surface area contributed by atoms with E-state index in [9.17, 15) is 14.0 Å². The first-order valence-electron chi connectivity index (χ1n) is 9.91. The number of nitrogens with zero attached hydrogens (tertiary/aromatic N) is 2. The van der Waals surface area contributed by atoms with Crippen LogP contribution in [0.15, 0.2) is 69.6 Å². The molecule has 4 rings (SSSR count). The number of aromatic nitrogens is 1. The number of thiazole rings is 1. The van der Waals surface area contributed by atoms with Gasteiger partial charge in [-0.05, 0) is 50.1 Å². The molecule has 0 spiro atoms. The van der Waals surface area contributed by atoms with E-state index in [1.165, 1.54) is 28.0 Å². The summed E-state index contributed by atoms with van der Waals surface area (Å²) >= 11 is 1.26. The van der Waals surface area contributed by atoms with Crippen LogP contribution in [-0.4, -0.2) is 17.1 Å². The standard InChI is InChI=1S/C24H21FN2O3S/c1-4-30-23(29)20-15(3)26-24-27(21(20)17-8-10-18(25)11-9-17)22(28)19(31-24)13-16-7-5-6-14(2)12-16/h5-13,21H,4H2,1-3H3/b19-13+/t21-/m0/s1. The SMILES string of the molecule is CCOC(=O)C1=C(C)N=c2s/c(=C/c3cccc(C)c3)c(=O)n2[C@H]1c1ccc(F)cc1. The van der Waals surface area contributed by atoms with Crippen molar-refractivity contribution in [1.29, 1.82) is 0 Å². The Bertz CT molecular complexity index is 1370. The second-order valence-corrected chi connectivity index (χ2v) is 8.28. The van der Waals surface area contributed by atoms with Crippen molar-refractivity contribution in [3.63, 3.8) is 0 Å². The van der Waals surface area contributed by atoms with E-state index in [2.05, 4.69) is 4.99 Å². The average molecular weight is 437 g/mol. The first-order chi connectivity index (χ1) is 14.9. The summed E-state index contributed by atoms with van der Waals surface area (Å²) in [5.74, 6) is -0.931. The zero-order valence-electron chi connectivity index (χ0n) is 17.4. The van der Waals surface area contributed by atoms with Crippen LogP contribution in [0, 0.1) is 12.7 Å². The van der Waals surface area contributed by atoms with Crippen molar-refractivity contribution in [1.82, 2.24) is 4.57 Å². The van der Waals surface area contributed by atoms with Gasteiger partial charge in [-0.15, -0.1) is 0 Å². The van der Waals surface area contributed by atoms with E-state index < -0.39 is 17.8 Å². The van der Waals surface area contributed by atoms with Gasteiger partial charge in [-0.25, -0.2) is 14.2 Å². The first-order valence-corrected chi connectivity index (χ1v) is 10.7. The van der Waals surface area contributed by atoms with Crippen molar-refractivity contribution in [2.75, 3.05) is 6.61 Å². The van der Waals surface area contributed by atoms with Crippen molar-refractivity contribution in [2.24, 2.45) is 4.99 Å². The molecule has 3 aromatic rings. The third-order valence-corrected chi connectivity index (χ3v) is 6.03. The second-order valence-electron chi connectivity index (χ2n) is 7.27. The quantitative estimate of drug-likeness (QED) is 0.590. The second kappa shape index (κ2) is 8.43. The third kappa shape index (κ3) is 4.01. The third-order valence-electron chi connectivity index (χ3n) is 5.04. The Morgan fingerprint density at radius 2 is 1.97 bits per heavy atom. The van der Waals surface area contributed by atoms with E-state index in [0.717, 1.165) is 11.1 Å². The number of carbonyl (C=O) groups excluding carboxylic acids is 1. The molecule has 0 N–H and O–H groups in total. The lowest BCUT2D eigenvalue weighted by Gasteiger charge is -2.24. The zero-order chi connectivity index (χ0) is 22.1. The van der Waals surface area contributed by atoms with Crippen molar-refractivity contribution in [2.45, 2.75) is 26.8 Å². The van der Waals surface area contributed by atoms with Crippen LogP contribution in [0.4, 0.5) is 4.39 Å². The van der Waals surface area contributed by atoms with Gasteiger partial charge >= 0.3 is 5.97 Å². The van der Waals surface area contributed by atoms with Gasteiger partial charge in [-0.3, -0.25) is 9.36 Å². The Balaban J connectivity index is 1.96. The number of rotatable bonds is 4. The van der Waals surface area contributed by atoms with E-state index >= 15 is 0 Å². The number of benzene rings is 2. The van der Waals surface area contributed by atoms with Gasteiger partial charge in [0.1, 0.15) is 5.82 Å². The highest BCUT2D eigenvalue weighted by Crippen LogP contribution is 2.30. The van der Waals surface area contributed by atoms with E-state index in [1.54, 1.807) is 26.0 Å². The Labute approximate surface area is 182 Å². The number of aryl methyl sites for hydroxylation is 1. The number of hydrogen-bond donors (Lipinski definition) is 0. The van der Waals surface area contributed by atoms with Crippen molar-refractivity contribution in [3.8, 4) is 0 Å². The summed E-state index contributed by atoms with van der Waals surface area (Å²) in [6.45, 7) is 5.63. The highest BCUT2D eigenvalue weighted by atomic mass is 32.1. The summed E-state index contributed by atoms with van der Waals surface area (Å²) in [7, 11) is 0. The number of ether oxygens (including phenoxy) is 1. The molecule has 1 atom stereocenters. The number of esters is 1.